The Hall–Kier alpha value is -2.60. The lowest BCUT2D eigenvalue weighted by atomic mass is 10.1. The highest BCUT2D eigenvalue weighted by Crippen LogP contribution is 2.32. The van der Waals surface area contributed by atoms with E-state index in [2.05, 4.69) is 17.2 Å². The highest BCUT2D eigenvalue weighted by molar-refractivity contribution is 7.22. The third-order valence-corrected chi connectivity index (χ3v) is 4.58. The van der Waals surface area contributed by atoms with Crippen molar-refractivity contribution in [2.24, 2.45) is 0 Å². The van der Waals surface area contributed by atoms with E-state index in [1.807, 2.05) is 49.4 Å². The molecule has 0 fully saturated rings. The summed E-state index contributed by atoms with van der Waals surface area (Å²) >= 11 is 1.42. The van der Waals surface area contributed by atoms with Gasteiger partial charge in [0.1, 0.15) is 17.0 Å². The van der Waals surface area contributed by atoms with Crippen molar-refractivity contribution in [3.05, 3.63) is 48.0 Å². The van der Waals surface area contributed by atoms with Crippen LogP contribution in [0.15, 0.2) is 42.5 Å². The molecule has 3 rings (SSSR count). The fraction of sp³-hybridized carbons (Fsp3) is 0.263. The van der Waals surface area contributed by atoms with Gasteiger partial charge in [0.05, 0.1) is 11.3 Å². The van der Waals surface area contributed by atoms with E-state index in [-0.39, 0.29) is 12.5 Å². The Morgan fingerprint density at radius 2 is 1.88 bits per heavy atom. The molecule has 3 aromatic rings. The van der Waals surface area contributed by atoms with Gasteiger partial charge in [-0.2, -0.15) is 0 Å². The maximum Gasteiger partial charge on any atom is 0.264 e. The van der Waals surface area contributed by atoms with Gasteiger partial charge in [-0.05, 0) is 37.1 Å². The van der Waals surface area contributed by atoms with Crippen LogP contribution in [0.2, 0.25) is 0 Å². The highest BCUT2D eigenvalue weighted by Gasteiger charge is 2.12. The molecule has 1 N–H and O–H groups in total. The van der Waals surface area contributed by atoms with Crippen molar-refractivity contribution in [1.29, 1.82) is 0 Å². The lowest BCUT2D eigenvalue weighted by molar-refractivity contribution is -0.118. The normalized spacial score (nSPS) is 10.6. The first-order chi connectivity index (χ1) is 12.2. The van der Waals surface area contributed by atoms with Crippen molar-refractivity contribution in [1.82, 2.24) is 4.98 Å². The summed E-state index contributed by atoms with van der Waals surface area (Å²) in [6, 6.07) is 13.5. The topological polar surface area (TPSA) is 60.5 Å². The van der Waals surface area contributed by atoms with Crippen molar-refractivity contribution >= 4 is 32.6 Å². The predicted molar refractivity (Wildman–Crippen MR) is 101 cm³/mol. The largest absolute Gasteiger partial charge is 0.492 e. The van der Waals surface area contributed by atoms with E-state index in [4.69, 9.17) is 9.47 Å². The lowest BCUT2D eigenvalue weighted by Crippen LogP contribution is -2.20. The van der Waals surface area contributed by atoms with Crippen LogP contribution >= 0.6 is 11.3 Å². The molecule has 0 saturated carbocycles. The van der Waals surface area contributed by atoms with E-state index in [0.29, 0.717) is 11.7 Å². The van der Waals surface area contributed by atoms with Crippen molar-refractivity contribution in [2.75, 3.05) is 18.5 Å². The van der Waals surface area contributed by atoms with Gasteiger partial charge in [0.15, 0.2) is 11.7 Å². The van der Waals surface area contributed by atoms with E-state index in [1.54, 1.807) is 0 Å². The SMILES string of the molecule is CCOc1cccc2sc(NC(=O)COc3ccccc3CC)nc12. The van der Waals surface area contributed by atoms with Gasteiger partial charge in [0, 0.05) is 0 Å². The fourth-order valence-corrected chi connectivity index (χ4v) is 3.38. The predicted octanol–water partition coefficient (Wildman–Crippen LogP) is 4.27. The number of fused-ring (bicyclic) bond motifs is 1. The second-order valence-corrected chi connectivity index (χ2v) is 6.38. The summed E-state index contributed by atoms with van der Waals surface area (Å²) in [6.07, 6.45) is 0.857. The van der Waals surface area contributed by atoms with E-state index in [9.17, 15) is 4.79 Å². The van der Waals surface area contributed by atoms with Crippen LogP contribution in [0.25, 0.3) is 10.2 Å². The lowest BCUT2D eigenvalue weighted by Gasteiger charge is -2.09. The fourth-order valence-electron chi connectivity index (χ4n) is 2.48. The van der Waals surface area contributed by atoms with Crippen LogP contribution in [0, 0.1) is 0 Å². The molecule has 0 spiro atoms. The number of nitrogens with zero attached hydrogens (tertiary/aromatic N) is 1. The number of nitrogens with one attached hydrogen (secondary N) is 1. The van der Waals surface area contributed by atoms with Crippen molar-refractivity contribution in [3.8, 4) is 11.5 Å². The molecule has 0 aliphatic carbocycles. The number of ether oxygens (including phenoxy) is 2. The molecule has 0 aliphatic heterocycles. The zero-order valence-corrected chi connectivity index (χ0v) is 15.1. The maximum atomic E-state index is 12.2. The van der Waals surface area contributed by atoms with E-state index in [0.717, 1.165) is 33.7 Å². The molecule has 25 heavy (non-hydrogen) atoms. The molecule has 1 heterocycles. The number of aromatic nitrogens is 1. The first-order valence-electron chi connectivity index (χ1n) is 8.24. The van der Waals surface area contributed by atoms with Crippen molar-refractivity contribution in [2.45, 2.75) is 20.3 Å². The number of carbonyl (C=O) groups is 1. The molecule has 0 atom stereocenters. The molecule has 0 radical (unpaired) electrons. The number of rotatable bonds is 7. The summed E-state index contributed by atoms with van der Waals surface area (Å²) in [7, 11) is 0. The number of anilines is 1. The van der Waals surface area contributed by atoms with Crippen LogP contribution < -0.4 is 14.8 Å². The minimum Gasteiger partial charge on any atom is -0.492 e. The summed E-state index contributed by atoms with van der Waals surface area (Å²) in [6.45, 7) is 4.51. The molecule has 0 bridgehead atoms. The van der Waals surface area contributed by atoms with Crippen LogP contribution in [0.4, 0.5) is 5.13 Å². The molecule has 5 nitrogen and oxygen atoms in total. The Kier molecular flexibility index (Phi) is 5.50. The molecule has 2 aromatic carbocycles. The Balaban J connectivity index is 1.67. The Morgan fingerprint density at radius 1 is 1.08 bits per heavy atom. The highest BCUT2D eigenvalue weighted by atomic mass is 32.1. The standard InChI is InChI=1S/C19H20N2O3S/c1-3-13-8-5-6-9-14(13)24-12-17(22)20-19-21-18-15(23-4-2)10-7-11-16(18)25-19/h5-11H,3-4,12H2,1-2H3,(H,20,21,22). The first-order valence-corrected chi connectivity index (χ1v) is 9.05. The third kappa shape index (κ3) is 4.09. The maximum absolute atomic E-state index is 12.2. The second-order valence-electron chi connectivity index (χ2n) is 5.35. The summed E-state index contributed by atoms with van der Waals surface area (Å²) < 4.78 is 12.2. The molecule has 0 aliphatic rings. The van der Waals surface area contributed by atoms with Crippen LogP contribution in [-0.4, -0.2) is 24.1 Å². The van der Waals surface area contributed by atoms with Gasteiger partial charge in [-0.3, -0.25) is 10.1 Å². The van der Waals surface area contributed by atoms with Crippen molar-refractivity contribution in [3.63, 3.8) is 0 Å². The average Bonchev–Trinajstić information content (AvgIpc) is 3.04. The van der Waals surface area contributed by atoms with Gasteiger partial charge in [0.25, 0.3) is 5.91 Å². The summed E-state index contributed by atoms with van der Waals surface area (Å²) in [5.41, 5.74) is 1.85. The monoisotopic (exact) mass is 356 g/mol. The van der Waals surface area contributed by atoms with Crippen LogP contribution in [-0.2, 0) is 11.2 Å². The number of carbonyl (C=O) groups excluding carboxylic acids is 1. The molecule has 1 amide bonds. The molecule has 0 unspecified atom stereocenters. The van der Waals surface area contributed by atoms with Gasteiger partial charge < -0.3 is 9.47 Å². The Bertz CT molecular complexity index is 876. The minimum absolute atomic E-state index is 0.0503. The summed E-state index contributed by atoms with van der Waals surface area (Å²) in [5, 5.41) is 3.34. The second kappa shape index (κ2) is 7.98. The minimum atomic E-state index is -0.233. The van der Waals surface area contributed by atoms with Crippen LogP contribution in [0.1, 0.15) is 19.4 Å². The van der Waals surface area contributed by atoms with Gasteiger partial charge in [-0.15, -0.1) is 0 Å². The smallest absolute Gasteiger partial charge is 0.264 e. The van der Waals surface area contributed by atoms with E-state index < -0.39 is 0 Å². The van der Waals surface area contributed by atoms with Crippen LogP contribution in [0.5, 0.6) is 11.5 Å². The molecule has 6 heteroatoms. The first kappa shape index (κ1) is 17.2. The van der Waals surface area contributed by atoms with Crippen molar-refractivity contribution < 1.29 is 14.3 Å². The molecule has 0 saturated heterocycles. The summed E-state index contributed by atoms with van der Waals surface area (Å²) in [5.74, 6) is 1.23. The van der Waals surface area contributed by atoms with E-state index >= 15 is 0 Å². The number of hydrogen-bond donors (Lipinski definition) is 1. The van der Waals surface area contributed by atoms with Crippen LogP contribution in [0.3, 0.4) is 0 Å². The number of hydrogen-bond acceptors (Lipinski definition) is 5. The third-order valence-electron chi connectivity index (χ3n) is 3.64. The molecular weight excluding hydrogens is 336 g/mol. The summed E-state index contributed by atoms with van der Waals surface area (Å²) in [4.78, 5) is 16.6. The average molecular weight is 356 g/mol. The van der Waals surface area contributed by atoms with Gasteiger partial charge >= 0.3 is 0 Å². The Labute approximate surface area is 150 Å². The number of para-hydroxylation sites is 2. The number of benzene rings is 2. The molecule has 1 aromatic heterocycles. The van der Waals surface area contributed by atoms with Gasteiger partial charge in [-0.25, -0.2) is 4.98 Å². The zero-order chi connectivity index (χ0) is 17.6. The quantitative estimate of drug-likeness (QED) is 0.686. The van der Waals surface area contributed by atoms with Gasteiger partial charge in [0.2, 0.25) is 0 Å². The molecule has 130 valence electrons. The number of thiazole rings is 1. The number of aryl methyl sites for hydroxylation is 1. The molecular formula is C19H20N2O3S. The Morgan fingerprint density at radius 3 is 2.68 bits per heavy atom. The van der Waals surface area contributed by atoms with Gasteiger partial charge in [-0.1, -0.05) is 42.5 Å². The van der Waals surface area contributed by atoms with E-state index in [1.165, 1.54) is 11.3 Å². The number of amides is 1. The zero-order valence-electron chi connectivity index (χ0n) is 14.2.